The van der Waals surface area contributed by atoms with E-state index in [0.717, 1.165) is 11.3 Å². The molecule has 0 N–H and O–H groups in total. The van der Waals surface area contributed by atoms with Gasteiger partial charge in [-0.25, -0.2) is 0 Å². The van der Waals surface area contributed by atoms with E-state index in [1.165, 1.54) is 0 Å². The van der Waals surface area contributed by atoms with Crippen molar-refractivity contribution in [2.24, 2.45) is 0 Å². The van der Waals surface area contributed by atoms with Crippen LogP contribution in [0.1, 0.15) is 22.3 Å². The molecule has 4 nitrogen and oxygen atoms in total. The van der Waals surface area contributed by atoms with Crippen molar-refractivity contribution in [1.82, 2.24) is 0 Å². The van der Waals surface area contributed by atoms with E-state index >= 15 is 0 Å². The summed E-state index contributed by atoms with van der Waals surface area (Å²) < 4.78 is 0. The summed E-state index contributed by atoms with van der Waals surface area (Å²) in [4.78, 5) is 14.3. The van der Waals surface area contributed by atoms with Gasteiger partial charge in [-0.3, -0.25) is 4.79 Å². The standard InChI is InChI=1S/C20H17N3O/c1-23(13-5-12-21)19-10-8-16(9-11-19)14-18(15-22)20(24)17-6-3-2-4-7-17/h2-4,6-11,14H,5,13H2,1H3. The van der Waals surface area contributed by atoms with E-state index in [1.807, 2.05) is 48.3 Å². The largest absolute Gasteiger partial charge is 0.374 e. The minimum Gasteiger partial charge on any atom is -0.374 e. The van der Waals surface area contributed by atoms with E-state index in [4.69, 9.17) is 5.26 Å². The SMILES string of the molecule is CN(CCC#N)c1ccc(C=C(C#N)C(=O)c2ccccc2)cc1. The number of ketones is 1. The van der Waals surface area contributed by atoms with Crippen LogP contribution in [0.3, 0.4) is 0 Å². The highest BCUT2D eigenvalue weighted by Gasteiger charge is 2.11. The predicted octanol–water partition coefficient (Wildman–Crippen LogP) is 3.83. The number of anilines is 1. The van der Waals surface area contributed by atoms with Crippen LogP contribution in [0.4, 0.5) is 5.69 Å². The molecule has 0 saturated carbocycles. The highest BCUT2D eigenvalue weighted by Crippen LogP contribution is 2.17. The van der Waals surface area contributed by atoms with Crippen LogP contribution < -0.4 is 4.90 Å². The van der Waals surface area contributed by atoms with Crippen LogP contribution in [0.15, 0.2) is 60.2 Å². The second-order valence-electron chi connectivity index (χ2n) is 5.29. The summed E-state index contributed by atoms with van der Waals surface area (Å²) in [7, 11) is 1.92. The zero-order chi connectivity index (χ0) is 17.4. The molecule has 118 valence electrons. The summed E-state index contributed by atoms with van der Waals surface area (Å²) in [5, 5.41) is 17.9. The third kappa shape index (κ3) is 4.32. The molecule has 0 aliphatic rings. The first kappa shape index (κ1) is 17.0. The van der Waals surface area contributed by atoms with Crippen molar-refractivity contribution in [3.05, 3.63) is 71.3 Å². The average Bonchev–Trinajstić information content (AvgIpc) is 2.64. The van der Waals surface area contributed by atoms with Crippen LogP contribution in [0.2, 0.25) is 0 Å². The molecular weight excluding hydrogens is 298 g/mol. The van der Waals surface area contributed by atoms with Crippen molar-refractivity contribution in [2.75, 3.05) is 18.5 Å². The molecule has 2 aromatic rings. The summed E-state index contributed by atoms with van der Waals surface area (Å²) in [6, 6.07) is 20.4. The summed E-state index contributed by atoms with van der Waals surface area (Å²) in [5.41, 5.74) is 2.37. The first-order chi connectivity index (χ1) is 11.7. The van der Waals surface area contributed by atoms with Gasteiger partial charge in [-0.05, 0) is 23.8 Å². The van der Waals surface area contributed by atoms with Gasteiger partial charge in [-0.2, -0.15) is 10.5 Å². The van der Waals surface area contributed by atoms with E-state index in [1.54, 1.807) is 30.3 Å². The molecule has 0 radical (unpaired) electrons. The molecule has 0 bridgehead atoms. The van der Waals surface area contributed by atoms with Crippen molar-refractivity contribution in [2.45, 2.75) is 6.42 Å². The molecule has 4 heteroatoms. The lowest BCUT2D eigenvalue weighted by Gasteiger charge is -2.17. The Morgan fingerprint density at radius 1 is 1.08 bits per heavy atom. The Bertz CT molecular complexity index is 809. The van der Waals surface area contributed by atoms with Gasteiger partial charge in [-0.1, -0.05) is 42.5 Å². The van der Waals surface area contributed by atoms with Crippen molar-refractivity contribution >= 4 is 17.5 Å². The molecule has 24 heavy (non-hydrogen) atoms. The Kier molecular flexibility index (Phi) is 5.88. The molecule has 0 aromatic heterocycles. The number of rotatable bonds is 6. The van der Waals surface area contributed by atoms with E-state index in [-0.39, 0.29) is 11.4 Å². The number of hydrogen-bond donors (Lipinski definition) is 0. The molecular formula is C20H17N3O. The summed E-state index contributed by atoms with van der Waals surface area (Å²) in [6.45, 7) is 0.654. The Morgan fingerprint density at radius 2 is 1.75 bits per heavy atom. The molecule has 0 atom stereocenters. The summed E-state index contributed by atoms with van der Waals surface area (Å²) in [6.07, 6.45) is 2.05. The molecule has 0 heterocycles. The maximum absolute atomic E-state index is 12.3. The average molecular weight is 315 g/mol. The molecule has 0 aliphatic heterocycles. The molecule has 0 amide bonds. The number of hydrogen-bond acceptors (Lipinski definition) is 4. The van der Waals surface area contributed by atoms with Gasteiger partial charge in [0.1, 0.15) is 11.6 Å². The highest BCUT2D eigenvalue weighted by molar-refractivity contribution is 6.14. The number of carbonyl (C=O) groups is 1. The van der Waals surface area contributed by atoms with Crippen LogP contribution in [0.5, 0.6) is 0 Å². The minimum atomic E-state index is -0.284. The smallest absolute Gasteiger partial charge is 0.203 e. The minimum absolute atomic E-state index is 0.104. The monoisotopic (exact) mass is 315 g/mol. The van der Waals surface area contributed by atoms with Gasteiger partial charge in [0.15, 0.2) is 0 Å². The Balaban J connectivity index is 2.19. The normalized spacial score (nSPS) is 10.5. The second-order valence-corrected chi connectivity index (χ2v) is 5.29. The summed E-state index contributed by atoms with van der Waals surface area (Å²) in [5.74, 6) is -0.284. The van der Waals surface area contributed by atoms with E-state index < -0.39 is 0 Å². The van der Waals surface area contributed by atoms with E-state index in [9.17, 15) is 10.1 Å². The molecule has 0 spiro atoms. The lowest BCUT2D eigenvalue weighted by atomic mass is 10.0. The number of Topliss-reactive ketones (excluding diaryl/α,β-unsaturated/α-hetero) is 1. The zero-order valence-corrected chi connectivity index (χ0v) is 13.4. The predicted molar refractivity (Wildman–Crippen MR) is 94.3 cm³/mol. The fraction of sp³-hybridized carbons (Fsp3) is 0.150. The summed E-state index contributed by atoms with van der Waals surface area (Å²) >= 11 is 0. The van der Waals surface area contributed by atoms with E-state index in [0.29, 0.717) is 18.5 Å². The fourth-order valence-corrected chi connectivity index (χ4v) is 2.23. The number of nitriles is 2. The number of carbonyl (C=O) groups excluding carboxylic acids is 1. The van der Waals surface area contributed by atoms with Gasteiger partial charge in [0.05, 0.1) is 12.5 Å². The van der Waals surface area contributed by atoms with Gasteiger partial charge in [-0.15, -0.1) is 0 Å². The molecule has 2 rings (SSSR count). The van der Waals surface area contributed by atoms with Crippen LogP contribution in [-0.4, -0.2) is 19.4 Å². The van der Waals surface area contributed by atoms with Gasteiger partial charge in [0.25, 0.3) is 0 Å². The number of allylic oxidation sites excluding steroid dienone is 1. The van der Waals surface area contributed by atoms with Crippen LogP contribution in [0.25, 0.3) is 6.08 Å². The van der Waals surface area contributed by atoms with Gasteiger partial charge < -0.3 is 4.90 Å². The maximum Gasteiger partial charge on any atom is 0.203 e. The zero-order valence-electron chi connectivity index (χ0n) is 13.4. The molecule has 0 unspecified atom stereocenters. The number of nitrogens with zero attached hydrogens (tertiary/aromatic N) is 3. The van der Waals surface area contributed by atoms with Gasteiger partial charge >= 0.3 is 0 Å². The first-order valence-corrected chi connectivity index (χ1v) is 7.55. The fourth-order valence-electron chi connectivity index (χ4n) is 2.23. The lowest BCUT2D eigenvalue weighted by Crippen LogP contribution is -2.17. The molecule has 0 aliphatic carbocycles. The van der Waals surface area contributed by atoms with Crippen molar-refractivity contribution < 1.29 is 4.79 Å². The van der Waals surface area contributed by atoms with Gasteiger partial charge in [0, 0.05) is 24.8 Å². The molecule has 2 aromatic carbocycles. The Labute approximate surface area is 141 Å². The lowest BCUT2D eigenvalue weighted by molar-refractivity contribution is 0.104. The van der Waals surface area contributed by atoms with E-state index in [2.05, 4.69) is 6.07 Å². The van der Waals surface area contributed by atoms with Crippen LogP contribution >= 0.6 is 0 Å². The Morgan fingerprint density at radius 3 is 2.33 bits per heavy atom. The molecule has 0 saturated heterocycles. The molecule has 0 fully saturated rings. The van der Waals surface area contributed by atoms with Gasteiger partial charge in [0.2, 0.25) is 5.78 Å². The van der Waals surface area contributed by atoms with Crippen LogP contribution in [0, 0.1) is 22.7 Å². The maximum atomic E-state index is 12.3. The van der Waals surface area contributed by atoms with Crippen molar-refractivity contribution in [3.63, 3.8) is 0 Å². The second kappa shape index (κ2) is 8.31. The third-order valence-electron chi connectivity index (χ3n) is 3.60. The quantitative estimate of drug-likeness (QED) is 0.461. The third-order valence-corrected chi connectivity index (χ3v) is 3.60. The highest BCUT2D eigenvalue weighted by atomic mass is 16.1. The Hall–Kier alpha value is -3.37. The topological polar surface area (TPSA) is 67.9 Å². The number of benzene rings is 2. The van der Waals surface area contributed by atoms with Crippen LogP contribution in [-0.2, 0) is 0 Å². The first-order valence-electron chi connectivity index (χ1n) is 7.55. The van der Waals surface area contributed by atoms with Crippen molar-refractivity contribution in [1.29, 1.82) is 10.5 Å². The van der Waals surface area contributed by atoms with Crippen molar-refractivity contribution in [3.8, 4) is 12.1 Å².